The fourth-order valence-corrected chi connectivity index (χ4v) is 3.36. The van der Waals surface area contributed by atoms with E-state index in [4.69, 9.17) is 10.1 Å². The van der Waals surface area contributed by atoms with Crippen molar-refractivity contribution in [3.8, 4) is 22.8 Å². The molecule has 1 aromatic carbocycles. The maximum atomic E-state index is 4.86. The average molecular weight is 367 g/mol. The number of nitrogens with zero attached hydrogens (tertiary/aromatic N) is 6. The first-order valence-electron chi connectivity index (χ1n) is 9.01. The molecule has 136 valence electrons. The summed E-state index contributed by atoms with van der Waals surface area (Å²) in [6.45, 7) is 2.07. The zero-order chi connectivity index (χ0) is 18.9. The van der Waals surface area contributed by atoms with Gasteiger partial charge >= 0.3 is 0 Å². The molecule has 4 aromatic heterocycles. The first-order chi connectivity index (χ1) is 13.8. The quantitative estimate of drug-likeness (QED) is 0.526. The van der Waals surface area contributed by atoms with E-state index in [0.717, 1.165) is 28.0 Å². The zero-order valence-corrected chi connectivity index (χ0v) is 15.2. The number of rotatable bonds is 4. The van der Waals surface area contributed by atoms with Gasteiger partial charge in [0.2, 0.25) is 5.82 Å². The molecule has 0 atom stereocenters. The summed E-state index contributed by atoms with van der Waals surface area (Å²) in [5, 5.41) is 19.0. The van der Waals surface area contributed by atoms with E-state index < -0.39 is 0 Å². The first kappa shape index (κ1) is 16.3. The van der Waals surface area contributed by atoms with Gasteiger partial charge in [0.15, 0.2) is 0 Å². The van der Waals surface area contributed by atoms with E-state index >= 15 is 0 Å². The number of benzene rings is 1. The highest BCUT2D eigenvalue weighted by Gasteiger charge is 2.16. The van der Waals surface area contributed by atoms with Crippen molar-refractivity contribution in [2.45, 2.75) is 13.3 Å². The number of pyridine rings is 2. The van der Waals surface area contributed by atoms with Crippen molar-refractivity contribution in [1.29, 1.82) is 0 Å². The van der Waals surface area contributed by atoms with Crippen LogP contribution in [0.25, 0.3) is 28.3 Å². The van der Waals surface area contributed by atoms with Crippen LogP contribution >= 0.6 is 0 Å². The molecule has 0 saturated heterocycles. The predicted molar refractivity (Wildman–Crippen MR) is 106 cm³/mol. The molecular formula is C21H17N7. The third-order valence-corrected chi connectivity index (χ3v) is 4.67. The van der Waals surface area contributed by atoms with Crippen molar-refractivity contribution in [2.75, 3.05) is 0 Å². The molecule has 1 N–H and O–H groups in total. The number of nitrogens with one attached hydrogen (secondary N) is 1. The summed E-state index contributed by atoms with van der Waals surface area (Å²) in [6.07, 6.45) is 2.71. The van der Waals surface area contributed by atoms with E-state index in [0.29, 0.717) is 17.9 Å². The van der Waals surface area contributed by atoms with Crippen LogP contribution < -0.4 is 0 Å². The Hall–Kier alpha value is -3.87. The number of aromatic nitrogens is 7. The maximum Gasteiger partial charge on any atom is 0.222 e. The van der Waals surface area contributed by atoms with Gasteiger partial charge in [0.1, 0.15) is 5.69 Å². The fourth-order valence-electron chi connectivity index (χ4n) is 3.36. The normalized spacial score (nSPS) is 11.2. The lowest BCUT2D eigenvalue weighted by Gasteiger charge is -2.05. The number of aromatic amines is 1. The third-order valence-electron chi connectivity index (χ3n) is 4.67. The molecule has 0 fully saturated rings. The van der Waals surface area contributed by atoms with E-state index in [1.54, 1.807) is 0 Å². The van der Waals surface area contributed by atoms with Gasteiger partial charge in [-0.1, -0.05) is 42.5 Å². The molecule has 0 bridgehead atoms. The number of tetrazole rings is 1. The Kier molecular flexibility index (Phi) is 3.90. The van der Waals surface area contributed by atoms with E-state index in [9.17, 15) is 0 Å². The van der Waals surface area contributed by atoms with Crippen LogP contribution in [0.2, 0.25) is 0 Å². The third kappa shape index (κ3) is 2.92. The highest BCUT2D eigenvalue weighted by Crippen LogP contribution is 2.28. The Morgan fingerprint density at radius 1 is 0.964 bits per heavy atom. The molecule has 0 amide bonds. The molecule has 7 heteroatoms. The minimum Gasteiger partial charge on any atom is -0.249 e. The summed E-state index contributed by atoms with van der Waals surface area (Å²) >= 11 is 0. The summed E-state index contributed by atoms with van der Waals surface area (Å²) < 4.78 is 1.95. The van der Waals surface area contributed by atoms with Crippen LogP contribution in [0.15, 0.2) is 66.9 Å². The average Bonchev–Trinajstić information content (AvgIpc) is 3.37. The van der Waals surface area contributed by atoms with E-state index in [2.05, 4.69) is 58.0 Å². The van der Waals surface area contributed by atoms with E-state index in [1.165, 1.54) is 5.56 Å². The molecule has 0 radical (unpaired) electrons. The fraction of sp³-hybridized carbons (Fsp3) is 0.0952. The Morgan fingerprint density at radius 2 is 1.86 bits per heavy atom. The van der Waals surface area contributed by atoms with Gasteiger partial charge in [-0.25, -0.2) is 9.50 Å². The summed E-state index contributed by atoms with van der Waals surface area (Å²) in [5.41, 5.74) is 7.07. The summed E-state index contributed by atoms with van der Waals surface area (Å²) in [4.78, 5) is 4.73. The smallest absolute Gasteiger partial charge is 0.222 e. The monoisotopic (exact) mass is 367 g/mol. The van der Waals surface area contributed by atoms with Gasteiger partial charge in [-0.15, -0.1) is 10.2 Å². The van der Waals surface area contributed by atoms with Crippen LogP contribution in [0.3, 0.4) is 0 Å². The van der Waals surface area contributed by atoms with Gasteiger partial charge in [-0.2, -0.15) is 10.3 Å². The zero-order valence-electron chi connectivity index (χ0n) is 15.2. The van der Waals surface area contributed by atoms with Crippen LogP contribution in [0.4, 0.5) is 0 Å². The number of H-pyrrole nitrogens is 1. The molecule has 0 aliphatic heterocycles. The molecule has 0 unspecified atom stereocenters. The van der Waals surface area contributed by atoms with Crippen molar-refractivity contribution in [2.24, 2.45) is 0 Å². The van der Waals surface area contributed by atoms with Crippen molar-refractivity contribution in [3.05, 3.63) is 83.7 Å². The molecule has 0 spiro atoms. The number of hydrogen-bond acceptors (Lipinski definition) is 5. The van der Waals surface area contributed by atoms with Gasteiger partial charge in [0.05, 0.1) is 11.2 Å². The minimum atomic E-state index is 0.487. The van der Waals surface area contributed by atoms with Crippen LogP contribution in [-0.2, 0) is 6.42 Å². The minimum absolute atomic E-state index is 0.487. The van der Waals surface area contributed by atoms with Gasteiger partial charge < -0.3 is 0 Å². The summed E-state index contributed by atoms with van der Waals surface area (Å²) in [7, 11) is 0. The Balaban J connectivity index is 1.63. The number of hydrogen-bond donors (Lipinski definition) is 1. The van der Waals surface area contributed by atoms with Gasteiger partial charge in [-0.05, 0) is 35.9 Å². The standard InChI is InChI=1S/C21H17N7/c1-14-10-11-19-17(20(25-28(19)13-14)15-6-3-2-4-7-15)12-16-8-5-9-18(22-16)21-23-26-27-24-21/h2-11,13H,12H2,1H3,(H,23,24,26,27). The molecule has 5 aromatic rings. The lowest BCUT2D eigenvalue weighted by atomic mass is 10.0. The summed E-state index contributed by atoms with van der Waals surface area (Å²) in [6, 6.07) is 20.3. The number of fused-ring (bicyclic) bond motifs is 1. The van der Waals surface area contributed by atoms with Crippen molar-refractivity contribution in [3.63, 3.8) is 0 Å². The van der Waals surface area contributed by atoms with Crippen LogP contribution in [-0.4, -0.2) is 35.2 Å². The topological polar surface area (TPSA) is 84.6 Å². The summed E-state index contributed by atoms with van der Waals surface area (Å²) in [5.74, 6) is 0.487. The second kappa shape index (κ2) is 6.70. The predicted octanol–water partition coefficient (Wildman–Crippen LogP) is 3.48. The molecule has 0 aliphatic rings. The number of aryl methyl sites for hydroxylation is 1. The largest absolute Gasteiger partial charge is 0.249 e. The molecule has 7 nitrogen and oxygen atoms in total. The molecular weight excluding hydrogens is 350 g/mol. The SMILES string of the molecule is Cc1ccc2c(Cc3cccc(-c4nn[nH]n4)n3)c(-c3ccccc3)nn2c1. The molecule has 0 aliphatic carbocycles. The lowest BCUT2D eigenvalue weighted by Crippen LogP contribution is -1.96. The van der Waals surface area contributed by atoms with E-state index in [-0.39, 0.29) is 0 Å². The maximum absolute atomic E-state index is 4.86. The first-order valence-corrected chi connectivity index (χ1v) is 9.01. The molecule has 28 heavy (non-hydrogen) atoms. The van der Waals surface area contributed by atoms with Crippen LogP contribution in [0, 0.1) is 6.92 Å². The molecule has 0 saturated carbocycles. The lowest BCUT2D eigenvalue weighted by molar-refractivity contribution is 0.881. The van der Waals surface area contributed by atoms with Crippen molar-refractivity contribution >= 4 is 5.52 Å². The van der Waals surface area contributed by atoms with Crippen molar-refractivity contribution < 1.29 is 0 Å². The Bertz CT molecular complexity index is 1240. The van der Waals surface area contributed by atoms with Crippen molar-refractivity contribution in [1.82, 2.24) is 35.2 Å². The second-order valence-corrected chi connectivity index (χ2v) is 6.66. The molecule has 4 heterocycles. The highest BCUT2D eigenvalue weighted by molar-refractivity contribution is 5.73. The highest BCUT2D eigenvalue weighted by atomic mass is 15.5. The Morgan fingerprint density at radius 3 is 2.68 bits per heavy atom. The molecule has 5 rings (SSSR count). The van der Waals surface area contributed by atoms with E-state index in [1.807, 2.05) is 40.9 Å². The second-order valence-electron chi connectivity index (χ2n) is 6.66. The van der Waals surface area contributed by atoms with Gasteiger partial charge in [0, 0.05) is 29.4 Å². The Labute approximate surface area is 161 Å². The van der Waals surface area contributed by atoms with Gasteiger partial charge in [-0.3, -0.25) is 0 Å². The van der Waals surface area contributed by atoms with Gasteiger partial charge in [0.25, 0.3) is 0 Å². The van der Waals surface area contributed by atoms with Crippen LogP contribution in [0.1, 0.15) is 16.8 Å². The van der Waals surface area contributed by atoms with Crippen LogP contribution in [0.5, 0.6) is 0 Å².